The molecular formula is C11H17NOS. The van der Waals surface area contributed by atoms with Crippen LogP contribution in [0.15, 0.2) is 18.2 Å². The fourth-order valence-electron chi connectivity index (χ4n) is 1.23. The number of hydrogen-bond donors (Lipinski definition) is 2. The summed E-state index contributed by atoms with van der Waals surface area (Å²) in [7, 11) is 0. The molecule has 0 saturated heterocycles. The molecule has 2 N–H and O–H groups in total. The Morgan fingerprint density at radius 3 is 2.93 bits per heavy atom. The highest BCUT2D eigenvalue weighted by atomic mass is 32.2. The molecule has 2 nitrogen and oxygen atoms in total. The molecule has 1 rings (SSSR count). The molecule has 0 aliphatic carbocycles. The maximum Gasteiger partial charge on any atom is 0.138 e. The minimum atomic E-state index is 0.333. The standard InChI is InChI=1S/C11H17NOS/c1-9-4-5-11(13)10(8-9)12-6-3-7-14-2/h4-5,8,12-13H,3,6-7H2,1-2H3. The first kappa shape index (κ1) is 11.2. The lowest BCUT2D eigenvalue weighted by Gasteiger charge is -2.08. The molecule has 3 heteroatoms. The molecule has 0 radical (unpaired) electrons. The summed E-state index contributed by atoms with van der Waals surface area (Å²) in [5, 5.41) is 12.7. The molecule has 0 aromatic heterocycles. The largest absolute Gasteiger partial charge is 0.506 e. The second-order valence-electron chi connectivity index (χ2n) is 3.29. The molecule has 0 fully saturated rings. The van der Waals surface area contributed by atoms with Crippen molar-refractivity contribution < 1.29 is 5.11 Å². The number of thioether (sulfide) groups is 1. The summed E-state index contributed by atoms with van der Waals surface area (Å²) in [4.78, 5) is 0. The van der Waals surface area contributed by atoms with Gasteiger partial charge in [0, 0.05) is 6.54 Å². The SMILES string of the molecule is CSCCCNc1cc(C)ccc1O. The zero-order chi connectivity index (χ0) is 10.4. The number of aromatic hydroxyl groups is 1. The fraction of sp³-hybridized carbons (Fsp3) is 0.455. The van der Waals surface area contributed by atoms with Crippen molar-refractivity contribution in [3.63, 3.8) is 0 Å². The molecule has 0 amide bonds. The van der Waals surface area contributed by atoms with Gasteiger partial charge in [-0.15, -0.1) is 0 Å². The minimum Gasteiger partial charge on any atom is -0.506 e. The zero-order valence-electron chi connectivity index (χ0n) is 8.71. The summed E-state index contributed by atoms with van der Waals surface area (Å²) in [6, 6.07) is 5.60. The van der Waals surface area contributed by atoms with E-state index in [1.807, 2.05) is 30.8 Å². The first-order chi connectivity index (χ1) is 6.74. The Morgan fingerprint density at radius 2 is 2.21 bits per heavy atom. The molecule has 0 aliphatic heterocycles. The lowest BCUT2D eigenvalue weighted by molar-refractivity contribution is 0.477. The maximum absolute atomic E-state index is 9.52. The van der Waals surface area contributed by atoms with Crippen molar-refractivity contribution in [3.8, 4) is 5.75 Å². The molecule has 1 aromatic carbocycles. The second kappa shape index (κ2) is 5.81. The van der Waals surface area contributed by atoms with E-state index in [0.29, 0.717) is 5.75 Å². The van der Waals surface area contributed by atoms with Crippen LogP contribution in [-0.2, 0) is 0 Å². The molecule has 0 aliphatic rings. The van der Waals surface area contributed by atoms with Gasteiger partial charge in [0.15, 0.2) is 0 Å². The highest BCUT2D eigenvalue weighted by molar-refractivity contribution is 7.98. The number of aryl methyl sites for hydroxylation is 1. The van der Waals surface area contributed by atoms with Crippen molar-refractivity contribution >= 4 is 17.4 Å². The third-order valence-electron chi connectivity index (χ3n) is 1.99. The third kappa shape index (κ3) is 3.50. The maximum atomic E-state index is 9.52. The van der Waals surface area contributed by atoms with Crippen LogP contribution in [0.25, 0.3) is 0 Å². The van der Waals surface area contributed by atoms with Crippen molar-refractivity contribution in [1.82, 2.24) is 0 Å². The van der Waals surface area contributed by atoms with Crippen molar-refractivity contribution in [2.45, 2.75) is 13.3 Å². The highest BCUT2D eigenvalue weighted by Crippen LogP contribution is 2.23. The van der Waals surface area contributed by atoms with Crippen LogP contribution in [0.5, 0.6) is 5.75 Å². The van der Waals surface area contributed by atoms with Crippen LogP contribution >= 0.6 is 11.8 Å². The van der Waals surface area contributed by atoms with Crippen molar-refractivity contribution in [3.05, 3.63) is 23.8 Å². The summed E-state index contributed by atoms with van der Waals surface area (Å²) < 4.78 is 0. The van der Waals surface area contributed by atoms with Crippen molar-refractivity contribution in [2.75, 3.05) is 23.9 Å². The quantitative estimate of drug-likeness (QED) is 0.580. The van der Waals surface area contributed by atoms with Gasteiger partial charge in [-0.3, -0.25) is 0 Å². The molecule has 78 valence electrons. The van der Waals surface area contributed by atoms with Crippen LogP contribution in [0.3, 0.4) is 0 Å². The molecule has 0 saturated carbocycles. The van der Waals surface area contributed by atoms with Crippen LogP contribution in [0.2, 0.25) is 0 Å². The molecule has 1 aromatic rings. The van der Waals surface area contributed by atoms with E-state index >= 15 is 0 Å². The summed E-state index contributed by atoms with van der Waals surface area (Å²) >= 11 is 1.84. The van der Waals surface area contributed by atoms with Gasteiger partial charge in [0.1, 0.15) is 5.75 Å². The van der Waals surface area contributed by atoms with Gasteiger partial charge in [0.2, 0.25) is 0 Å². The normalized spacial score (nSPS) is 10.1. The third-order valence-corrected chi connectivity index (χ3v) is 2.69. The average Bonchev–Trinajstić information content (AvgIpc) is 2.18. The topological polar surface area (TPSA) is 32.3 Å². The molecule has 0 heterocycles. The van der Waals surface area contributed by atoms with Gasteiger partial charge in [0.25, 0.3) is 0 Å². The Bertz CT molecular complexity index is 289. The number of anilines is 1. The van der Waals surface area contributed by atoms with Crippen LogP contribution in [0.4, 0.5) is 5.69 Å². The molecule has 0 atom stereocenters. The van der Waals surface area contributed by atoms with Crippen molar-refractivity contribution in [2.24, 2.45) is 0 Å². The Balaban J connectivity index is 2.45. The average molecular weight is 211 g/mol. The van der Waals surface area contributed by atoms with Gasteiger partial charge in [-0.05, 0) is 43.0 Å². The Hall–Kier alpha value is -0.830. The van der Waals surface area contributed by atoms with Gasteiger partial charge < -0.3 is 10.4 Å². The number of phenols is 1. The highest BCUT2D eigenvalue weighted by Gasteiger charge is 1.99. The Labute approximate surface area is 89.7 Å². The second-order valence-corrected chi connectivity index (χ2v) is 4.28. The zero-order valence-corrected chi connectivity index (χ0v) is 9.53. The summed E-state index contributed by atoms with van der Waals surface area (Å²) in [6.45, 7) is 2.93. The summed E-state index contributed by atoms with van der Waals surface area (Å²) in [6.07, 6.45) is 3.22. The van der Waals surface area contributed by atoms with E-state index < -0.39 is 0 Å². The van der Waals surface area contributed by atoms with Crippen LogP contribution < -0.4 is 5.32 Å². The van der Waals surface area contributed by atoms with E-state index in [2.05, 4.69) is 11.6 Å². The van der Waals surface area contributed by atoms with Crippen LogP contribution in [0, 0.1) is 6.92 Å². The van der Waals surface area contributed by atoms with E-state index in [4.69, 9.17) is 0 Å². The molecule has 0 spiro atoms. The van der Waals surface area contributed by atoms with Gasteiger partial charge in [-0.1, -0.05) is 6.07 Å². The molecule has 0 unspecified atom stereocenters. The van der Waals surface area contributed by atoms with E-state index in [0.717, 1.165) is 30.0 Å². The van der Waals surface area contributed by atoms with Gasteiger partial charge in [-0.25, -0.2) is 0 Å². The molecule has 0 bridgehead atoms. The molecule has 14 heavy (non-hydrogen) atoms. The Morgan fingerprint density at radius 1 is 1.43 bits per heavy atom. The fourth-order valence-corrected chi connectivity index (χ4v) is 1.66. The van der Waals surface area contributed by atoms with E-state index in [9.17, 15) is 5.11 Å². The van der Waals surface area contributed by atoms with E-state index in [1.54, 1.807) is 6.07 Å². The lowest BCUT2D eigenvalue weighted by Crippen LogP contribution is -2.02. The monoisotopic (exact) mass is 211 g/mol. The number of hydrogen-bond acceptors (Lipinski definition) is 3. The summed E-state index contributed by atoms with van der Waals surface area (Å²) in [5.41, 5.74) is 2.00. The predicted molar refractivity (Wildman–Crippen MR) is 64.3 cm³/mol. The van der Waals surface area contributed by atoms with E-state index in [-0.39, 0.29) is 0 Å². The van der Waals surface area contributed by atoms with Gasteiger partial charge >= 0.3 is 0 Å². The smallest absolute Gasteiger partial charge is 0.138 e. The van der Waals surface area contributed by atoms with E-state index in [1.165, 1.54) is 0 Å². The van der Waals surface area contributed by atoms with Crippen LogP contribution in [-0.4, -0.2) is 23.7 Å². The Kier molecular flexibility index (Phi) is 4.66. The number of phenolic OH excluding ortho intramolecular Hbond substituents is 1. The minimum absolute atomic E-state index is 0.333. The summed E-state index contributed by atoms with van der Waals surface area (Å²) in [5.74, 6) is 1.49. The number of rotatable bonds is 5. The molecular weight excluding hydrogens is 194 g/mol. The predicted octanol–water partition coefficient (Wildman–Crippen LogP) is 2.87. The first-order valence-electron chi connectivity index (χ1n) is 4.76. The number of benzene rings is 1. The lowest BCUT2D eigenvalue weighted by atomic mass is 10.2. The van der Waals surface area contributed by atoms with Crippen molar-refractivity contribution in [1.29, 1.82) is 0 Å². The van der Waals surface area contributed by atoms with Crippen LogP contribution in [0.1, 0.15) is 12.0 Å². The first-order valence-corrected chi connectivity index (χ1v) is 6.16. The van der Waals surface area contributed by atoms with Gasteiger partial charge in [0.05, 0.1) is 5.69 Å². The van der Waals surface area contributed by atoms with Gasteiger partial charge in [-0.2, -0.15) is 11.8 Å². The number of nitrogens with one attached hydrogen (secondary N) is 1.